The fourth-order valence-electron chi connectivity index (χ4n) is 3.13. The molecule has 0 radical (unpaired) electrons. The van der Waals surface area contributed by atoms with Crippen LogP contribution in [0.4, 0.5) is 5.13 Å². The first-order valence-electron chi connectivity index (χ1n) is 8.22. The van der Waals surface area contributed by atoms with Gasteiger partial charge in [-0.25, -0.2) is 4.98 Å². The highest BCUT2D eigenvalue weighted by molar-refractivity contribution is 7.15. The third-order valence-corrected chi connectivity index (χ3v) is 5.27. The average molecular weight is 345 g/mol. The van der Waals surface area contributed by atoms with Crippen molar-refractivity contribution in [3.8, 4) is 5.75 Å². The molecule has 0 saturated carbocycles. The summed E-state index contributed by atoms with van der Waals surface area (Å²) in [7, 11) is 1.71. The molecule has 6 heteroatoms. The van der Waals surface area contributed by atoms with Crippen LogP contribution in [-0.4, -0.2) is 36.0 Å². The first kappa shape index (κ1) is 16.9. The molecule has 1 aromatic heterocycles. The van der Waals surface area contributed by atoms with Crippen molar-refractivity contribution in [2.24, 2.45) is 0 Å². The van der Waals surface area contributed by atoms with E-state index in [9.17, 15) is 4.79 Å². The van der Waals surface area contributed by atoms with Gasteiger partial charge in [-0.15, -0.1) is 11.3 Å². The van der Waals surface area contributed by atoms with E-state index >= 15 is 0 Å². The summed E-state index contributed by atoms with van der Waals surface area (Å²) >= 11 is 1.56. The van der Waals surface area contributed by atoms with Crippen LogP contribution < -0.4 is 10.1 Å². The first-order valence-corrected chi connectivity index (χ1v) is 9.04. The number of likely N-dealkylation sites (tertiary alicyclic amines) is 1. The Hall–Kier alpha value is -1.92. The summed E-state index contributed by atoms with van der Waals surface area (Å²) in [6.45, 7) is 4.57. The Bertz CT molecular complexity index is 693. The number of thiazole rings is 1. The Morgan fingerprint density at radius 2 is 2.21 bits per heavy atom. The molecule has 1 saturated heterocycles. The number of amides is 1. The number of nitrogens with one attached hydrogen (secondary N) is 1. The number of hydrogen-bond donors (Lipinski definition) is 1. The molecule has 1 N–H and O–H groups in total. The van der Waals surface area contributed by atoms with Crippen molar-refractivity contribution < 1.29 is 9.53 Å². The van der Waals surface area contributed by atoms with Gasteiger partial charge in [-0.05, 0) is 49.5 Å². The lowest BCUT2D eigenvalue weighted by Crippen LogP contribution is -2.32. The molecule has 0 aliphatic carbocycles. The Balaban J connectivity index is 1.53. The van der Waals surface area contributed by atoms with Gasteiger partial charge in [0.25, 0.3) is 0 Å². The highest BCUT2D eigenvalue weighted by Crippen LogP contribution is 2.31. The van der Waals surface area contributed by atoms with Crippen molar-refractivity contribution in [2.75, 3.05) is 25.5 Å². The van der Waals surface area contributed by atoms with Gasteiger partial charge in [-0.3, -0.25) is 9.69 Å². The van der Waals surface area contributed by atoms with Crippen molar-refractivity contribution in [1.82, 2.24) is 9.88 Å². The number of benzene rings is 1. The van der Waals surface area contributed by atoms with Crippen LogP contribution in [-0.2, 0) is 11.3 Å². The van der Waals surface area contributed by atoms with Crippen molar-refractivity contribution in [2.45, 2.75) is 32.2 Å². The number of carbonyl (C=O) groups excluding carboxylic acids is 1. The number of hydrogen-bond acceptors (Lipinski definition) is 5. The summed E-state index contributed by atoms with van der Waals surface area (Å²) in [6, 6.07) is 8.42. The van der Waals surface area contributed by atoms with E-state index in [-0.39, 0.29) is 5.91 Å². The molecule has 0 bridgehead atoms. The third-order valence-electron chi connectivity index (χ3n) is 4.37. The molecule has 1 aliphatic rings. The number of anilines is 1. The van der Waals surface area contributed by atoms with Gasteiger partial charge < -0.3 is 10.1 Å². The van der Waals surface area contributed by atoms with Crippen LogP contribution in [0.3, 0.4) is 0 Å². The first-order chi connectivity index (χ1) is 11.6. The van der Waals surface area contributed by atoms with E-state index in [0.29, 0.717) is 11.0 Å². The number of ether oxygens (including phenoxy) is 1. The molecule has 0 unspecified atom stereocenters. The van der Waals surface area contributed by atoms with Crippen molar-refractivity contribution in [3.63, 3.8) is 0 Å². The lowest BCUT2D eigenvalue weighted by molar-refractivity contribution is -0.114. The standard InChI is InChI=1S/C18H23N3O2S/c1-13(22)20-18-19-11-17(24-18)12-21-8-6-14(7-9-21)15-4-3-5-16(10-15)23-2/h3-5,10-11,14H,6-9,12H2,1-2H3,(H,19,20,22). The summed E-state index contributed by atoms with van der Waals surface area (Å²) in [5.74, 6) is 1.47. The number of methoxy groups -OCH3 is 1. The summed E-state index contributed by atoms with van der Waals surface area (Å²) in [4.78, 5) is 19.0. The fourth-order valence-corrected chi connectivity index (χ4v) is 4.03. The second kappa shape index (κ2) is 7.77. The second-order valence-electron chi connectivity index (χ2n) is 6.14. The number of piperidine rings is 1. The minimum absolute atomic E-state index is 0.0741. The van der Waals surface area contributed by atoms with Crippen LogP contribution in [0.25, 0.3) is 0 Å². The third kappa shape index (κ3) is 4.33. The van der Waals surface area contributed by atoms with Crippen LogP contribution in [0.15, 0.2) is 30.5 Å². The molecule has 24 heavy (non-hydrogen) atoms. The van der Waals surface area contributed by atoms with Crippen molar-refractivity contribution >= 4 is 22.4 Å². The van der Waals surface area contributed by atoms with Crippen LogP contribution in [0.2, 0.25) is 0 Å². The maximum atomic E-state index is 11.1. The SMILES string of the molecule is COc1cccc(C2CCN(Cc3cnc(NC(C)=O)s3)CC2)c1. The fraction of sp³-hybridized carbons (Fsp3) is 0.444. The molecule has 1 amide bonds. The van der Waals surface area contributed by atoms with E-state index in [0.717, 1.165) is 38.2 Å². The molecule has 2 heterocycles. The highest BCUT2D eigenvalue weighted by atomic mass is 32.1. The Morgan fingerprint density at radius 3 is 2.92 bits per heavy atom. The predicted molar refractivity (Wildman–Crippen MR) is 96.7 cm³/mol. The largest absolute Gasteiger partial charge is 0.497 e. The van der Waals surface area contributed by atoms with Crippen LogP contribution >= 0.6 is 11.3 Å². The Labute approximate surface area is 146 Å². The van der Waals surface area contributed by atoms with E-state index in [2.05, 4.69) is 33.4 Å². The topological polar surface area (TPSA) is 54.5 Å². The molecule has 1 fully saturated rings. The Kier molecular flexibility index (Phi) is 5.48. The molecule has 0 atom stereocenters. The van der Waals surface area contributed by atoms with E-state index in [1.807, 2.05) is 12.3 Å². The van der Waals surface area contributed by atoms with Gasteiger partial charge in [0.1, 0.15) is 5.75 Å². The smallest absolute Gasteiger partial charge is 0.223 e. The summed E-state index contributed by atoms with van der Waals surface area (Å²) in [5.41, 5.74) is 1.37. The molecular weight excluding hydrogens is 322 g/mol. The lowest BCUT2D eigenvalue weighted by Gasteiger charge is -2.31. The van der Waals surface area contributed by atoms with Gasteiger partial charge in [0, 0.05) is 24.5 Å². The molecule has 5 nitrogen and oxygen atoms in total. The maximum absolute atomic E-state index is 11.1. The van der Waals surface area contributed by atoms with Crippen LogP contribution in [0.1, 0.15) is 36.1 Å². The average Bonchev–Trinajstić information content (AvgIpc) is 3.01. The molecule has 1 aliphatic heterocycles. The minimum Gasteiger partial charge on any atom is -0.497 e. The number of rotatable bonds is 5. The monoisotopic (exact) mass is 345 g/mol. The number of nitrogens with zero attached hydrogens (tertiary/aromatic N) is 2. The van der Waals surface area contributed by atoms with E-state index < -0.39 is 0 Å². The molecule has 0 spiro atoms. The molecule has 128 valence electrons. The summed E-state index contributed by atoms with van der Waals surface area (Å²) in [5, 5.41) is 3.42. The molecule has 1 aromatic carbocycles. The zero-order valence-electron chi connectivity index (χ0n) is 14.1. The second-order valence-corrected chi connectivity index (χ2v) is 7.26. The normalized spacial score (nSPS) is 16.1. The van der Waals surface area contributed by atoms with E-state index in [4.69, 9.17) is 4.74 Å². The summed E-state index contributed by atoms with van der Waals surface area (Å²) in [6.07, 6.45) is 4.18. The van der Waals surface area contributed by atoms with Crippen LogP contribution in [0.5, 0.6) is 5.75 Å². The molecular formula is C18H23N3O2S. The molecule has 2 aromatic rings. The molecule has 3 rings (SSSR count). The highest BCUT2D eigenvalue weighted by Gasteiger charge is 2.21. The number of aromatic nitrogens is 1. The van der Waals surface area contributed by atoms with Crippen LogP contribution in [0, 0.1) is 0 Å². The van der Waals surface area contributed by atoms with E-state index in [1.54, 1.807) is 18.4 Å². The maximum Gasteiger partial charge on any atom is 0.223 e. The Morgan fingerprint density at radius 1 is 1.42 bits per heavy atom. The van der Waals surface area contributed by atoms with Crippen molar-refractivity contribution in [1.29, 1.82) is 0 Å². The van der Waals surface area contributed by atoms with Gasteiger partial charge in [-0.1, -0.05) is 12.1 Å². The quantitative estimate of drug-likeness (QED) is 0.901. The summed E-state index contributed by atoms with van der Waals surface area (Å²) < 4.78 is 5.33. The van der Waals surface area contributed by atoms with Gasteiger partial charge >= 0.3 is 0 Å². The zero-order chi connectivity index (χ0) is 16.9. The van der Waals surface area contributed by atoms with Gasteiger partial charge in [0.15, 0.2) is 5.13 Å². The van der Waals surface area contributed by atoms with Gasteiger partial charge in [-0.2, -0.15) is 0 Å². The van der Waals surface area contributed by atoms with Gasteiger partial charge in [0.05, 0.1) is 7.11 Å². The minimum atomic E-state index is -0.0741. The van der Waals surface area contributed by atoms with E-state index in [1.165, 1.54) is 17.4 Å². The van der Waals surface area contributed by atoms with Crippen molar-refractivity contribution in [3.05, 3.63) is 40.9 Å². The predicted octanol–water partition coefficient (Wildman–Crippen LogP) is 3.49. The van der Waals surface area contributed by atoms with Gasteiger partial charge in [0.2, 0.25) is 5.91 Å². The number of carbonyl (C=O) groups is 1. The lowest BCUT2D eigenvalue weighted by atomic mass is 9.89. The zero-order valence-corrected chi connectivity index (χ0v) is 14.9.